The maximum absolute atomic E-state index is 12.4. The maximum atomic E-state index is 12.4. The third-order valence-corrected chi connectivity index (χ3v) is 4.23. The Kier molecular flexibility index (Phi) is 4.53. The fraction of sp³-hybridized carbons (Fsp3) is 0.538. The molecular formula is C13H14F3IO. The maximum Gasteiger partial charge on any atom is 0.416 e. The van der Waals surface area contributed by atoms with Crippen LogP contribution in [0.15, 0.2) is 24.3 Å². The average molecular weight is 370 g/mol. The molecule has 1 saturated heterocycles. The van der Waals surface area contributed by atoms with Gasteiger partial charge in [0.25, 0.3) is 0 Å². The molecule has 2 atom stereocenters. The minimum atomic E-state index is -4.26. The third-order valence-electron chi connectivity index (χ3n) is 3.25. The van der Waals surface area contributed by atoms with E-state index in [9.17, 15) is 13.2 Å². The zero-order valence-corrected chi connectivity index (χ0v) is 11.9. The van der Waals surface area contributed by atoms with Crippen LogP contribution in [-0.4, -0.2) is 17.1 Å². The molecule has 0 aromatic heterocycles. The predicted molar refractivity (Wildman–Crippen MR) is 72.0 cm³/mol. The number of hydrogen-bond acceptors (Lipinski definition) is 1. The summed E-state index contributed by atoms with van der Waals surface area (Å²) < 4.78 is 43.9. The molecule has 1 aliphatic rings. The Hall–Kier alpha value is -0.300. The quantitative estimate of drug-likeness (QED) is 0.554. The Morgan fingerprint density at radius 1 is 1.17 bits per heavy atom. The molecule has 1 aromatic carbocycles. The van der Waals surface area contributed by atoms with Crippen LogP contribution in [0.1, 0.15) is 29.9 Å². The smallest absolute Gasteiger partial charge is 0.377 e. The predicted octanol–water partition coefficient (Wildman–Crippen LogP) is 4.40. The fourth-order valence-corrected chi connectivity index (χ4v) is 2.83. The van der Waals surface area contributed by atoms with Crippen LogP contribution in [-0.2, 0) is 10.9 Å². The minimum absolute atomic E-state index is 0.228. The molecule has 0 bridgehead atoms. The van der Waals surface area contributed by atoms with E-state index in [0.29, 0.717) is 12.7 Å². The molecule has 0 N–H and O–H groups in total. The summed E-state index contributed by atoms with van der Waals surface area (Å²) in [6.45, 7) is 0.610. The van der Waals surface area contributed by atoms with Gasteiger partial charge in [-0.15, -0.1) is 0 Å². The summed E-state index contributed by atoms with van der Waals surface area (Å²) in [7, 11) is 0. The van der Waals surface area contributed by atoms with Crippen LogP contribution < -0.4 is 0 Å². The summed E-state index contributed by atoms with van der Waals surface area (Å²) in [5, 5.41) is 0. The molecule has 0 amide bonds. The van der Waals surface area contributed by atoms with Crippen molar-refractivity contribution in [3.05, 3.63) is 35.4 Å². The van der Waals surface area contributed by atoms with Gasteiger partial charge in [0.15, 0.2) is 0 Å². The number of alkyl halides is 4. The Balaban J connectivity index is 2.02. The van der Waals surface area contributed by atoms with Crippen molar-refractivity contribution in [3.8, 4) is 0 Å². The molecule has 0 saturated carbocycles. The second kappa shape index (κ2) is 5.77. The molecule has 1 nitrogen and oxygen atoms in total. The van der Waals surface area contributed by atoms with Gasteiger partial charge in [0.2, 0.25) is 0 Å². The number of hydrogen-bond donors (Lipinski definition) is 0. The molecule has 5 heteroatoms. The molecule has 0 unspecified atom stereocenters. The van der Waals surface area contributed by atoms with Gasteiger partial charge in [-0.05, 0) is 30.5 Å². The van der Waals surface area contributed by atoms with E-state index in [1.807, 2.05) is 0 Å². The third kappa shape index (κ3) is 3.38. The Morgan fingerprint density at radius 3 is 2.28 bits per heavy atom. The number of rotatable bonds is 2. The van der Waals surface area contributed by atoms with Gasteiger partial charge in [-0.3, -0.25) is 0 Å². The van der Waals surface area contributed by atoms with E-state index in [4.69, 9.17) is 4.74 Å². The fourth-order valence-electron chi connectivity index (χ4n) is 2.13. The largest absolute Gasteiger partial charge is 0.416 e. The standard InChI is InChI=1S/C13H14F3IO/c14-13(15,16)11-4-1-9(2-5-11)10-3-6-12(7-17)18-8-10/h1-2,4-5,10,12H,3,6-8H2/t10-,12-/m0/s1. The van der Waals surface area contributed by atoms with E-state index in [-0.39, 0.29) is 5.92 Å². The molecule has 1 heterocycles. The average Bonchev–Trinajstić information content (AvgIpc) is 2.38. The van der Waals surface area contributed by atoms with Gasteiger partial charge in [0, 0.05) is 10.3 Å². The Bertz CT molecular complexity index is 380. The van der Waals surface area contributed by atoms with Crippen molar-refractivity contribution in [2.24, 2.45) is 0 Å². The van der Waals surface area contributed by atoms with Crippen LogP contribution in [0, 0.1) is 0 Å². The number of halogens is 4. The molecule has 1 fully saturated rings. The molecule has 0 aliphatic carbocycles. The lowest BCUT2D eigenvalue weighted by atomic mass is 9.91. The molecule has 0 spiro atoms. The lowest BCUT2D eigenvalue weighted by Gasteiger charge is -2.28. The first-order chi connectivity index (χ1) is 8.50. The van der Waals surface area contributed by atoms with Gasteiger partial charge < -0.3 is 4.74 Å². The van der Waals surface area contributed by atoms with Crippen molar-refractivity contribution in [2.45, 2.75) is 31.0 Å². The summed E-state index contributed by atoms with van der Waals surface area (Å²) in [6.07, 6.45) is -1.99. The molecular weight excluding hydrogens is 356 g/mol. The Labute approximate surface area is 118 Å². The molecule has 1 aromatic rings. The molecule has 100 valence electrons. The van der Waals surface area contributed by atoms with E-state index in [1.54, 1.807) is 12.1 Å². The van der Waals surface area contributed by atoms with Crippen molar-refractivity contribution in [2.75, 3.05) is 11.0 Å². The molecule has 1 aliphatic heterocycles. The lowest BCUT2D eigenvalue weighted by Crippen LogP contribution is -2.25. The summed E-state index contributed by atoms with van der Waals surface area (Å²) in [4.78, 5) is 0. The lowest BCUT2D eigenvalue weighted by molar-refractivity contribution is -0.137. The molecule has 18 heavy (non-hydrogen) atoms. The van der Waals surface area contributed by atoms with Crippen molar-refractivity contribution >= 4 is 22.6 Å². The van der Waals surface area contributed by atoms with E-state index >= 15 is 0 Å². The van der Waals surface area contributed by atoms with E-state index in [0.717, 1.165) is 35.0 Å². The van der Waals surface area contributed by atoms with Gasteiger partial charge >= 0.3 is 6.18 Å². The number of benzene rings is 1. The zero-order valence-electron chi connectivity index (χ0n) is 9.71. The van der Waals surface area contributed by atoms with E-state index in [2.05, 4.69) is 22.6 Å². The highest BCUT2D eigenvalue weighted by molar-refractivity contribution is 14.1. The number of ether oxygens (including phenoxy) is 1. The van der Waals surface area contributed by atoms with Crippen LogP contribution in [0.4, 0.5) is 13.2 Å². The van der Waals surface area contributed by atoms with Gasteiger partial charge in [-0.1, -0.05) is 34.7 Å². The SMILES string of the molecule is FC(F)(F)c1ccc([C@H]2CC[C@@H](CI)OC2)cc1. The highest BCUT2D eigenvalue weighted by atomic mass is 127. The highest BCUT2D eigenvalue weighted by Gasteiger charge is 2.30. The van der Waals surface area contributed by atoms with E-state index in [1.165, 1.54) is 0 Å². The van der Waals surface area contributed by atoms with Crippen molar-refractivity contribution < 1.29 is 17.9 Å². The van der Waals surface area contributed by atoms with Gasteiger partial charge in [0.1, 0.15) is 0 Å². The van der Waals surface area contributed by atoms with Gasteiger partial charge in [0.05, 0.1) is 18.3 Å². The minimum Gasteiger partial charge on any atom is -0.377 e. The first-order valence-electron chi connectivity index (χ1n) is 5.85. The monoisotopic (exact) mass is 370 g/mol. The highest BCUT2D eigenvalue weighted by Crippen LogP contribution is 2.32. The first-order valence-corrected chi connectivity index (χ1v) is 7.38. The van der Waals surface area contributed by atoms with Crippen LogP contribution in [0.3, 0.4) is 0 Å². The van der Waals surface area contributed by atoms with Crippen molar-refractivity contribution in [1.29, 1.82) is 0 Å². The normalized spacial score (nSPS) is 25.1. The summed E-state index contributed by atoms with van der Waals surface area (Å²) in [6, 6.07) is 5.45. The second-order valence-corrected chi connectivity index (χ2v) is 5.38. The second-order valence-electron chi connectivity index (χ2n) is 4.50. The van der Waals surface area contributed by atoms with Crippen LogP contribution in [0.25, 0.3) is 0 Å². The van der Waals surface area contributed by atoms with Crippen molar-refractivity contribution in [1.82, 2.24) is 0 Å². The van der Waals surface area contributed by atoms with Gasteiger partial charge in [-0.2, -0.15) is 13.2 Å². The zero-order chi connectivity index (χ0) is 13.2. The van der Waals surface area contributed by atoms with Crippen molar-refractivity contribution in [3.63, 3.8) is 0 Å². The van der Waals surface area contributed by atoms with Crippen LogP contribution in [0.2, 0.25) is 0 Å². The molecule has 0 radical (unpaired) electrons. The first kappa shape index (κ1) is 14.1. The Morgan fingerprint density at radius 2 is 1.83 bits per heavy atom. The van der Waals surface area contributed by atoms with Crippen LogP contribution >= 0.6 is 22.6 Å². The van der Waals surface area contributed by atoms with Crippen LogP contribution in [0.5, 0.6) is 0 Å². The summed E-state index contributed by atoms with van der Waals surface area (Å²) in [5.41, 5.74) is 0.350. The topological polar surface area (TPSA) is 9.23 Å². The molecule has 2 rings (SSSR count). The van der Waals surface area contributed by atoms with Gasteiger partial charge in [-0.25, -0.2) is 0 Å². The van der Waals surface area contributed by atoms with E-state index < -0.39 is 11.7 Å². The summed E-state index contributed by atoms with van der Waals surface area (Å²) in [5.74, 6) is 0.228. The summed E-state index contributed by atoms with van der Waals surface area (Å²) >= 11 is 2.29.